The fourth-order valence-electron chi connectivity index (χ4n) is 1.85. The van der Waals surface area contributed by atoms with Gasteiger partial charge in [0.1, 0.15) is 0 Å². The van der Waals surface area contributed by atoms with Crippen LogP contribution in [0.3, 0.4) is 0 Å². The lowest BCUT2D eigenvalue weighted by Gasteiger charge is -2.25. The summed E-state index contributed by atoms with van der Waals surface area (Å²) in [5, 5.41) is 2.04. The molecule has 1 aromatic heterocycles. The van der Waals surface area contributed by atoms with Crippen LogP contribution in [0.4, 0.5) is 0 Å². The summed E-state index contributed by atoms with van der Waals surface area (Å²) in [6.45, 7) is 3.12. The van der Waals surface area contributed by atoms with Gasteiger partial charge in [0.2, 0.25) is 10.0 Å². The summed E-state index contributed by atoms with van der Waals surface area (Å²) in [5.74, 6) is 0.270. The van der Waals surface area contributed by atoms with E-state index in [9.17, 15) is 8.42 Å². The van der Waals surface area contributed by atoms with Gasteiger partial charge in [-0.25, -0.2) is 8.42 Å². The quantitative estimate of drug-likeness (QED) is 0.815. The Morgan fingerprint density at radius 3 is 3.07 bits per heavy atom. The molecular formula is C10H15NO2S2. The molecule has 0 bridgehead atoms. The molecule has 5 heteroatoms. The Morgan fingerprint density at radius 2 is 2.33 bits per heavy atom. The zero-order valence-corrected chi connectivity index (χ0v) is 10.4. The van der Waals surface area contributed by atoms with Gasteiger partial charge in [-0.1, -0.05) is 6.92 Å². The minimum absolute atomic E-state index is 0.270. The lowest BCUT2D eigenvalue weighted by molar-refractivity contribution is 0.394. The number of rotatable bonds is 3. The molecule has 3 nitrogen and oxygen atoms in total. The Balaban J connectivity index is 2.16. The largest absolute Gasteiger partial charge is 0.214 e. The van der Waals surface area contributed by atoms with Gasteiger partial charge >= 0.3 is 0 Å². The molecule has 0 spiro atoms. The molecule has 0 unspecified atom stereocenters. The van der Waals surface area contributed by atoms with Crippen molar-refractivity contribution in [1.82, 2.24) is 4.31 Å². The van der Waals surface area contributed by atoms with Crippen LogP contribution < -0.4 is 0 Å². The van der Waals surface area contributed by atoms with Crippen molar-refractivity contribution in [3.8, 4) is 0 Å². The topological polar surface area (TPSA) is 37.4 Å². The highest BCUT2D eigenvalue weighted by Crippen LogP contribution is 2.25. The van der Waals surface area contributed by atoms with E-state index in [2.05, 4.69) is 0 Å². The molecule has 1 aliphatic heterocycles. The molecule has 0 fully saturated rings. The molecule has 1 aliphatic rings. The lowest BCUT2D eigenvalue weighted by atomic mass is 10.1. The molecule has 0 atom stereocenters. The zero-order chi connectivity index (χ0) is 10.9. The first-order chi connectivity index (χ1) is 7.13. The Labute approximate surface area is 94.8 Å². The van der Waals surface area contributed by atoms with Crippen LogP contribution in [0.15, 0.2) is 11.4 Å². The summed E-state index contributed by atoms with van der Waals surface area (Å²) in [5.41, 5.74) is 1.19. The number of thiophene rings is 1. The minimum atomic E-state index is -3.02. The van der Waals surface area contributed by atoms with Crippen molar-refractivity contribution >= 4 is 21.4 Å². The fourth-order valence-corrected chi connectivity index (χ4v) is 4.22. The van der Waals surface area contributed by atoms with Crippen molar-refractivity contribution < 1.29 is 8.42 Å². The van der Waals surface area contributed by atoms with Crippen LogP contribution in [-0.2, 0) is 23.0 Å². The Hall–Kier alpha value is -0.390. The van der Waals surface area contributed by atoms with Gasteiger partial charge in [0.25, 0.3) is 0 Å². The van der Waals surface area contributed by atoms with Crippen molar-refractivity contribution in [3.05, 3.63) is 21.9 Å². The Kier molecular flexibility index (Phi) is 3.13. The van der Waals surface area contributed by atoms with Gasteiger partial charge in [-0.15, -0.1) is 11.3 Å². The maximum Gasteiger partial charge on any atom is 0.214 e. The third kappa shape index (κ3) is 2.24. The van der Waals surface area contributed by atoms with E-state index in [1.54, 1.807) is 15.6 Å². The number of hydrogen-bond donors (Lipinski definition) is 0. The van der Waals surface area contributed by atoms with E-state index >= 15 is 0 Å². The molecule has 1 aromatic rings. The number of sulfonamides is 1. The second-order valence-electron chi connectivity index (χ2n) is 3.77. The highest BCUT2D eigenvalue weighted by molar-refractivity contribution is 7.89. The zero-order valence-electron chi connectivity index (χ0n) is 8.77. The molecule has 2 rings (SSSR count). The van der Waals surface area contributed by atoms with E-state index < -0.39 is 10.0 Å². The number of hydrogen-bond acceptors (Lipinski definition) is 3. The average molecular weight is 245 g/mol. The van der Waals surface area contributed by atoms with Crippen LogP contribution in [-0.4, -0.2) is 25.0 Å². The lowest BCUT2D eigenvalue weighted by Crippen LogP contribution is -2.36. The molecule has 0 aliphatic carbocycles. The predicted octanol–water partition coefficient (Wildman–Crippen LogP) is 1.85. The second kappa shape index (κ2) is 4.23. The fraction of sp³-hybridized carbons (Fsp3) is 0.600. The van der Waals surface area contributed by atoms with Crippen LogP contribution in [0.25, 0.3) is 0 Å². The highest BCUT2D eigenvalue weighted by Gasteiger charge is 2.26. The summed E-state index contributed by atoms with van der Waals surface area (Å²) >= 11 is 1.73. The molecule has 84 valence electrons. The van der Waals surface area contributed by atoms with Crippen LogP contribution in [0.5, 0.6) is 0 Å². The molecule has 0 saturated heterocycles. The summed E-state index contributed by atoms with van der Waals surface area (Å²) in [4.78, 5) is 1.35. The van der Waals surface area contributed by atoms with Crippen LogP contribution in [0.2, 0.25) is 0 Å². The standard InChI is InChI=1S/C10H15NO2S2/c1-2-7-15(12,13)11-5-3-10-9(8-11)4-6-14-10/h4,6H,2-3,5,7-8H2,1H3. The number of nitrogens with zero attached hydrogens (tertiary/aromatic N) is 1. The average Bonchev–Trinajstić information content (AvgIpc) is 2.63. The molecule has 0 radical (unpaired) electrons. The summed E-state index contributed by atoms with van der Waals surface area (Å²) in [7, 11) is -3.02. The maximum atomic E-state index is 11.8. The summed E-state index contributed by atoms with van der Waals surface area (Å²) in [6, 6.07) is 2.04. The third-order valence-electron chi connectivity index (χ3n) is 2.63. The molecule has 0 aromatic carbocycles. The van der Waals surface area contributed by atoms with E-state index in [0.29, 0.717) is 19.5 Å². The highest BCUT2D eigenvalue weighted by atomic mass is 32.2. The van der Waals surface area contributed by atoms with Gasteiger partial charge in [0.15, 0.2) is 0 Å². The third-order valence-corrected chi connectivity index (χ3v) is 5.67. The van der Waals surface area contributed by atoms with Gasteiger partial charge in [0, 0.05) is 18.0 Å². The van der Waals surface area contributed by atoms with Crippen LogP contribution >= 0.6 is 11.3 Å². The van der Waals surface area contributed by atoms with Crippen molar-refractivity contribution in [1.29, 1.82) is 0 Å². The van der Waals surface area contributed by atoms with Crippen LogP contribution in [0.1, 0.15) is 23.8 Å². The first kappa shape index (κ1) is 11.1. The van der Waals surface area contributed by atoms with Gasteiger partial charge in [-0.2, -0.15) is 4.31 Å². The smallest absolute Gasteiger partial charge is 0.212 e. The Morgan fingerprint density at radius 1 is 1.53 bits per heavy atom. The van der Waals surface area contributed by atoms with E-state index in [0.717, 1.165) is 6.42 Å². The SMILES string of the molecule is CCCS(=O)(=O)N1CCc2sccc2C1. The van der Waals surface area contributed by atoms with Crippen molar-refractivity contribution in [2.75, 3.05) is 12.3 Å². The monoisotopic (exact) mass is 245 g/mol. The molecule has 0 saturated carbocycles. The van der Waals surface area contributed by atoms with E-state index in [4.69, 9.17) is 0 Å². The molecule has 0 amide bonds. The summed E-state index contributed by atoms with van der Waals surface area (Å²) in [6.07, 6.45) is 1.56. The molecule has 2 heterocycles. The van der Waals surface area contributed by atoms with Gasteiger partial charge in [-0.05, 0) is 29.9 Å². The van der Waals surface area contributed by atoms with Crippen molar-refractivity contribution in [3.63, 3.8) is 0 Å². The number of fused-ring (bicyclic) bond motifs is 1. The van der Waals surface area contributed by atoms with E-state index in [1.165, 1.54) is 10.4 Å². The second-order valence-corrected chi connectivity index (χ2v) is 6.86. The Bertz CT molecular complexity index is 436. The predicted molar refractivity (Wildman–Crippen MR) is 62.5 cm³/mol. The van der Waals surface area contributed by atoms with Crippen molar-refractivity contribution in [2.24, 2.45) is 0 Å². The minimum Gasteiger partial charge on any atom is -0.212 e. The normalized spacial score (nSPS) is 17.7. The van der Waals surface area contributed by atoms with E-state index in [1.807, 2.05) is 18.4 Å². The van der Waals surface area contributed by atoms with Crippen LogP contribution in [0, 0.1) is 0 Å². The van der Waals surface area contributed by atoms with Gasteiger partial charge in [0.05, 0.1) is 5.75 Å². The first-order valence-corrected chi connectivity index (χ1v) is 7.65. The first-order valence-electron chi connectivity index (χ1n) is 5.16. The van der Waals surface area contributed by atoms with E-state index in [-0.39, 0.29) is 5.75 Å². The van der Waals surface area contributed by atoms with Gasteiger partial charge in [-0.3, -0.25) is 0 Å². The molecule has 0 N–H and O–H groups in total. The van der Waals surface area contributed by atoms with Gasteiger partial charge < -0.3 is 0 Å². The molecular weight excluding hydrogens is 230 g/mol. The maximum absolute atomic E-state index is 11.8. The van der Waals surface area contributed by atoms with Crippen molar-refractivity contribution in [2.45, 2.75) is 26.3 Å². The summed E-state index contributed by atoms with van der Waals surface area (Å²) < 4.78 is 25.3. The molecule has 15 heavy (non-hydrogen) atoms.